The molecular formula is C30H29N3O4. The number of nitrogens with zero attached hydrogens (tertiary/aromatic N) is 2. The molecule has 2 aromatic heterocycles. The average Bonchev–Trinajstić information content (AvgIpc) is 3.57. The number of aromatic nitrogens is 2. The van der Waals surface area contributed by atoms with Gasteiger partial charge in [0.15, 0.2) is 0 Å². The topological polar surface area (TPSA) is 93.3 Å². The van der Waals surface area contributed by atoms with Crippen LogP contribution in [-0.2, 0) is 11.3 Å². The zero-order chi connectivity index (χ0) is 26.4. The van der Waals surface area contributed by atoms with Gasteiger partial charge in [0, 0.05) is 41.9 Å². The summed E-state index contributed by atoms with van der Waals surface area (Å²) in [7, 11) is 0. The zero-order valence-electron chi connectivity index (χ0n) is 20.7. The van der Waals surface area contributed by atoms with E-state index in [1.54, 1.807) is 38.1 Å². The number of ketones is 1. The molecule has 0 spiro atoms. The van der Waals surface area contributed by atoms with Gasteiger partial charge in [-0.25, -0.2) is 4.79 Å². The van der Waals surface area contributed by atoms with Crippen LogP contribution in [0, 0.1) is 5.92 Å². The summed E-state index contributed by atoms with van der Waals surface area (Å²) >= 11 is 0. The maximum atomic E-state index is 13.2. The summed E-state index contributed by atoms with van der Waals surface area (Å²) in [6.07, 6.45) is 9.34. The highest BCUT2D eigenvalue weighted by Gasteiger charge is 2.24. The molecule has 4 rings (SSSR count). The SMILES string of the molecule is CC(C)[C@H](NC(=O)c1cccc(/C=C/Cn2cccc2C(=O)c2ccn(-c3ccccc3)c2)c1)C(=O)O. The van der Waals surface area contributed by atoms with Gasteiger partial charge in [-0.1, -0.05) is 56.3 Å². The van der Waals surface area contributed by atoms with Crippen LogP contribution < -0.4 is 5.32 Å². The molecule has 2 N–H and O–H groups in total. The zero-order valence-corrected chi connectivity index (χ0v) is 20.7. The van der Waals surface area contributed by atoms with E-state index in [1.165, 1.54) is 0 Å². The first kappa shape index (κ1) is 25.4. The van der Waals surface area contributed by atoms with E-state index in [-0.39, 0.29) is 11.7 Å². The highest BCUT2D eigenvalue weighted by Crippen LogP contribution is 2.16. The lowest BCUT2D eigenvalue weighted by atomic mass is 10.0. The summed E-state index contributed by atoms with van der Waals surface area (Å²) in [4.78, 5) is 37.2. The van der Waals surface area contributed by atoms with E-state index in [0.717, 1.165) is 11.3 Å². The van der Waals surface area contributed by atoms with Crippen molar-refractivity contribution in [2.24, 2.45) is 5.92 Å². The number of para-hydroxylation sites is 1. The van der Waals surface area contributed by atoms with Crippen LogP contribution in [0.15, 0.2) is 97.5 Å². The predicted octanol–water partition coefficient (Wildman–Crippen LogP) is 5.06. The van der Waals surface area contributed by atoms with Gasteiger partial charge in [0.2, 0.25) is 5.78 Å². The molecule has 0 radical (unpaired) electrons. The third kappa shape index (κ3) is 6.13. The lowest BCUT2D eigenvalue weighted by Crippen LogP contribution is -2.44. The molecule has 7 nitrogen and oxygen atoms in total. The number of hydrogen-bond donors (Lipinski definition) is 2. The molecule has 2 aromatic carbocycles. The highest BCUT2D eigenvalue weighted by molar-refractivity contribution is 6.08. The minimum atomic E-state index is -1.06. The monoisotopic (exact) mass is 495 g/mol. The number of allylic oxidation sites excluding steroid dienone is 1. The van der Waals surface area contributed by atoms with Crippen molar-refractivity contribution < 1.29 is 19.5 Å². The fraction of sp³-hybridized carbons (Fsp3) is 0.167. The van der Waals surface area contributed by atoms with E-state index < -0.39 is 17.9 Å². The number of carboxylic acid groups (broad SMARTS) is 1. The van der Waals surface area contributed by atoms with Crippen LogP contribution in [0.1, 0.15) is 45.8 Å². The number of hydrogen-bond acceptors (Lipinski definition) is 3. The summed E-state index contributed by atoms with van der Waals surface area (Å²) < 4.78 is 3.79. The number of carboxylic acids is 1. The molecule has 4 aromatic rings. The Balaban J connectivity index is 1.43. The van der Waals surface area contributed by atoms with E-state index in [4.69, 9.17) is 0 Å². The molecule has 0 bridgehead atoms. The molecule has 2 heterocycles. The number of benzene rings is 2. The van der Waals surface area contributed by atoms with Crippen molar-refractivity contribution in [1.29, 1.82) is 0 Å². The predicted molar refractivity (Wildman–Crippen MR) is 143 cm³/mol. The Morgan fingerprint density at radius 3 is 2.43 bits per heavy atom. The Kier molecular flexibility index (Phi) is 7.83. The van der Waals surface area contributed by atoms with Crippen LogP contribution in [0.5, 0.6) is 0 Å². The number of aliphatic carboxylic acids is 1. The molecule has 0 saturated carbocycles. The molecule has 1 amide bonds. The molecule has 0 aliphatic carbocycles. The van der Waals surface area contributed by atoms with E-state index in [1.807, 2.05) is 88.4 Å². The molecule has 0 saturated heterocycles. The molecule has 7 heteroatoms. The summed E-state index contributed by atoms with van der Waals surface area (Å²) in [6.45, 7) is 3.97. The summed E-state index contributed by atoms with van der Waals surface area (Å²) in [5.41, 5.74) is 3.35. The van der Waals surface area contributed by atoms with Crippen LogP contribution in [-0.4, -0.2) is 37.9 Å². The highest BCUT2D eigenvalue weighted by atomic mass is 16.4. The van der Waals surface area contributed by atoms with Crippen LogP contribution in [0.4, 0.5) is 0 Å². The second-order valence-corrected chi connectivity index (χ2v) is 9.08. The van der Waals surface area contributed by atoms with Gasteiger partial charge in [0.05, 0.1) is 5.69 Å². The van der Waals surface area contributed by atoms with Gasteiger partial charge in [-0.3, -0.25) is 9.59 Å². The van der Waals surface area contributed by atoms with Gasteiger partial charge in [0.1, 0.15) is 6.04 Å². The van der Waals surface area contributed by atoms with Gasteiger partial charge in [-0.05, 0) is 53.9 Å². The molecule has 0 unspecified atom stereocenters. The molecule has 0 aliphatic rings. The van der Waals surface area contributed by atoms with E-state index >= 15 is 0 Å². The Morgan fingerprint density at radius 2 is 1.70 bits per heavy atom. The average molecular weight is 496 g/mol. The lowest BCUT2D eigenvalue weighted by molar-refractivity contribution is -0.140. The first-order valence-electron chi connectivity index (χ1n) is 12.1. The van der Waals surface area contributed by atoms with Crippen LogP contribution in [0.3, 0.4) is 0 Å². The van der Waals surface area contributed by atoms with E-state index in [2.05, 4.69) is 5.32 Å². The third-order valence-corrected chi connectivity index (χ3v) is 6.05. The van der Waals surface area contributed by atoms with Crippen LogP contribution in [0.25, 0.3) is 11.8 Å². The quantitative estimate of drug-likeness (QED) is 0.301. The van der Waals surface area contributed by atoms with Gasteiger partial charge in [-0.2, -0.15) is 0 Å². The maximum absolute atomic E-state index is 13.2. The van der Waals surface area contributed by atoms with Crippen molar-refractivity contribution >= 4 is 23.7 Å². The van der Waals surface area contributed by atoms with Crippen LogP contribution in [0.2, 0.25) is 0 Å². The van der Waals surface area contributed by atoms with Gasteiger partial charge >= 0.3 is 5.97 Å². The fourth-order valence-corrected chi connectivity index (χ4v) is 4.04. The van der Waals surface area contributed by atoms with Crippen molar-refractivity contribution in [2.75, 3.05) is 0 Å². The van der Waals surface area contributed by atoms with E-state index in [0.29, 0.717) is 23.4 Å². The van der Waals surface area contributed by atoms with Crippen molar-refractivity contribution in [1.82, 2.24) is 14.5 Å². The Morgan fingerprint density at radius 1 is 0.919 bits per heavy atom. The van der Waals surface area contributed by atoms with Crippen LogP contribution >= 0.6 is 0 Å². The summed E-state index contributed by atoms with van der Waals surface area (Å²) in [6, 6.07) is 21.3. The lowest BCUT2D eigenvalue weighted by Gasteiger charge is -2.18. The molecule has 37 heavy (non-hydrogen) atoms. The van der Waals surface area contributed by atoms with Crippen molar-refractivity contribution in [2.45, 2.75) is 26.4 Å². The molecule has 1 atom stereocenters. The number of nitrogens with one attached hydrogen (secondary N) is 1. The molecule has 0 fully saturated rings. The number of carbonyl (C=O) groups excluding carboxylic acids is 2. The smallest absolute Gasteiger partial charge is 0.326 e. The van der Waals surface area contributed by atoms with Gasteiger partial charge in [-0.15, -0.1) is 0 Å². The van der Waals surface area contributed by atoms with Gasteiger partial charge < -0.3 is 19.6 Å². The number of rotatable bonds is 10. The second kappa shape index (κ2) is 11.4. The summed E-state index contributed by atoms with van der Waals surface area (Å²) in [5.74, 6) is -1.80. The third-order valence-electron chi connectivity index (χ3n) is 6.05. The standard InChI is InChI=1S/C30H29N3O4/c1-21(2)27(30(36)37)31-29(35)23-11-6-9-22(19-23)10-7-16-32-17-8-14-26(32)28(34)24-15-18-33(20-24)25-12-4-3-5-13-25/h3-15,17-21,27H,16H2,1-2H3,(H,31,35)(H,36,37)/b10-7+/t27-/m0/s1. The minimum Gasteiger partial charge on any atom is -0.480 e. The molecule has 0 aliphatic heterocycles. The fourth-order valence-electron chi connectivity index (χ4n) is 4.04. The van der Waals surface area contributed by atoms with Gasteiger partial charge in [0.25, 0.3) is 5.91 Å². The summed E-state index contributed by atoms with van der Waals surface area (Å²) in [5, 5.41) is 11.9. The van der Waals surface area contributed by atoms with E-state index in [9.17, 15) is 19.5 Å². The second-order valence-electron chi connectivity index (χ2n) is 9.08. The normalized spacial score (nSPS) is 12.1. The Labute approximate surface area is 215 Å². The first-order valence-corrected chi connectivity index (χ1v) is 12.1. The number of carbonyl (C=O) groups is 3. The van der Waals surface area contributed by atoms with Crippen molar-refractivity contribution in [3.63, 3.8) is 0 Å². The largest absolute Gasteiger partial charge is 0.480 e. The first-order chi connectivity index (χ1) is 17.8. The Hall–Kier alpha value is -4.65. The van der Waals surface area contributed by atoms with Crippen molar-refractivity contribution in [3.8, 4) is 5.69 Å². The minimum absolute atomic E-state index is 0.0649. The van der Waals surface area contributed by atoms with Crippen molar-refractivity contribution in [3.05, 3.63) is 120 Å². The maximum Gasteiger partial charge on any atom is 0.326 e. The number of amides is 1. The molecular weight excluding hydrogens is 466 g/mol. The molecule has 188 valence electrons. The Bertz CT molecular complexity index is 1430.